The van der Waals surface area contributed by atoms with Crippen LogP contribution >= 0.6 is 0 Å². The van der Waals surface area contributed by atoms with E-state index in [0.29, 0.717) is 17.5 Å². The lowest BCUT2D eigenvalue weighted by atomic mass is 9.93. The van der Waals surface area contributed by atoms with Crippen LogP contribution < -0.4 is 0 Å². The summed E-state index contributed by atoms with van der Waals surface area (Å²) in [4.78, 5) is 15.4. The minimum atomic E-state index is 0.640. The molecule has 0 fully saturated rings. The molecule has 0 bridgehead atoms. The molecule has 3 nitrogen and oxygen atoms in total. The number of aromatic nitrogens is 3. The highest BCUT2D eigenvalue weighted by Gasteiger charge is 2.17. The van der Waals surface area contributed by atoms with Gasteiger partial charge in [0, 0.05) is 16.7 Å². The largest absolute Gasteiger partial charge is 0.208 e. The zero-order chi connectivity index (χ0) is 34.4. The van der Waals surface area contributed by atoms with Crippen molar-refractivity contribution in [3.8, 4) is 56.4 Å². The van der Waals surface area contributed by atoms with Crippen molar-refractivity contribution in [3.63, 3.8) is 0 Å². The van der Waals surface area contributed by atoms with Crippen LogP contribution in [0.1, 0.15) is 0 Å². The lowest BCUT2D eigenvalue weighted by molar-refractivity contribution is 1.08. The maximum absolute atomic E-state index is 5.18. The smallest absolute Gasteiger partial charge is 0.164 e. The summed E-state index contributed by atoms with van der Waals surface area (Å²) in [6.07, 6.45) is 0. The van der Waals surface area contributed by atoms with Crippen molar-refractivity contribution >= 4 is 43.1 Å². The lowest BCUT2D eigenvalue weighted by Crippen LogP contribution is -2.01. The van der Waals surface area contributed by atoms with Gasteiger partial charge in [-0.25, -0.2) is 15.0 Å². The summed E-state index contributed by atoms with van der Waals surface area (Å²) in [6.45, 7) is 0. The van der Waals surface area contributed by atoms with Crippen molar-refractivity contribution in [2.24, 2.45) is 0 Å². The van der Waals surface area contributed by atoms with Crippen molar-refractivity contribution in [2.75, 3.05) is 0 Å². The highest BCUT2D eigenvalue weighted by atomic mass is 15.0. The fraction of sp³-hybridized carbons (Fsp3) is 0. The fourth-order valence-electron chi connectivity index (χ4n) is 7.37. The standard InChI is InChI=1S/C49H31N3/c1-4-12-37-29-40(24-19-32(37)9-1)35-17-22-36(23-18-35)47-50-48(42-26-21-34-11-3-6-14-39(34)31-42)52-49(51-47)46-28-27-43(44-15-7-8-16-45(44)46)41-25-20-33-10-2-5-13-38(33)30-41/h1-31H. The van der Waals surface area contributed by atoms with E-state index in [-0.39, 0.29) is 0 Å². The zero-order valence-corrected chi connectivity index (χ0v) is 28.2. The predicted octanol–water partition coefficient (Wildman–Crippen LogP) is 12.8. The molecule has 0 radical (unpaired) electrons. The molecule has 0 saturated carbocycles. The van der Waals surface area contributed by atoms with Gasteiger partial charge in [-0.2, -0.15) is 0 Å². The maximum Gasteiger partial charge on any atom is 0.164 e. The summed E-state index contributed by atoms with van der Waals surface area (Å²) in [7, 11) is 0. The minimum Gasteiger partial charge on any atom is -0.208 e. The summed E-state index contributed by atoms with van der Waals surface area (Å²) in [5, 5.41) is 9.50. The van der Waals surface area contributed by atoms with E-state index in [4.69, 9.17) is 15.0 Å². The van der Waals surface area contributed by atoms with E-state index < -0.39 is 0 Å². The summed E-state index contributed by atoms with van der Waals surface area (Å²) in [6, 6.07) is 66.6. The Labute approximate surface area is 301 Å². The maximum atomic E-state index is 5.18. The van der Waals surface area contributed by atoms with Crippen molar-refractivity contribution in [1.82, 2.24) is 15.0 Å². The molecule has 0 amide bonds. The topological polar surface area (TPSA) is 38.7 Å². The number of nitrogens with zero attached hydrogens (tertiary/aromatic N) is 3. The molecule has 9 aromatic carbocycles. The minimum absolute atomic E-state index is 0.640. The van der Waals surface area contributed by atoms with E-state index in [1.807, 2.05) is 0 Å². The Bertz CT molecular complexity index is 2960. The van der Waals surface area contributed by atoms with Crippen LogP contribution in [0.4, 0.5) is 0 Å². The molecule has 1 aromatic heterocycles. The molecule has 0 N–H and O–H groups in total. The molecule has 0 aliphatic carbocycles. The fourth-order valence-corrected chi connectivity index (χ4v) is 7.37. The first-order valence-corrected chi connectivity index (χ1v) is 17.6. The molecule has 1 heterocycles. The number of rotatable bonds is 5. The van der Waals surface area contributed by atoms with Crippen molar-refractivity contribution in [2.45, 2.75) is 0 Å². The molecule has 0 unspecified atom stereocenters. The van der Waals surface area contributed by atoms with E-state index in [9.17, 15) is 0 Å². The van der Waals surface area contributed by atoms with Crippen LogP contribution in [0.5, 0.6) is 0 Å². The third-order valence-corrected chi connectivity index (χ3v) is 10.1. The first-order valence-electron chi connectivity index (χ1n) is 17.6. The second-order valence-corrected chi connectivity index (χ2v) is 13.3. The van der Waals surface area contributed by atoms with Crippen LogP contribution in [0.3, 0.4) is 0 Å². The molecule has 52 heavy (non-hydrogen) atoms. The zero-order valence-electron chi connectivity index (χ0n) is 28.2. The van der Waals surface area contributed by atoms with Gasteiger partial charge in [0.2, 0.25) is 0 Å². The Kier molecular flexibility index (Phi) is 7.14. The molecule has 0 saturated heterocycles. The Morgan fingerprint density at radius 2 is 0.615 bits per heavy atom. The van der Waals surface area contributed by atoms with E-state index >= 15 is 0 Å². The van der Waals surface area contributed by atoms with Crippen LogP contribution in [0.25, 0.3) is 99.5 Å². The van der Waals surface area contributed by atoms with Crippen LogP contribution in [0.15, 0.2) is 188 Å². The molecule has 0 spiro atoms. The van der Waals surface area contributed by atoms with Crippen LogP contribution in [-0.2, 0) is 0 Å². The van der Waals surface area contributed by atoms with E-state index in [1.54, 1.807) is 0 Å². The number of benzene rings is 9. The van der Waals surface area contributed by atoms with Crippen molar-refractivity contribution in [3.05, 3.63) is 188 Å². The quantitative estimate of drug-likeness (QED) is 0.184. The molecule has 0 atom stereocenters. The van der Waals surface area contributed by atoms with Gasteiger partial charge in [0.1, 0.15) is 0 Å². The summed E-state index contributed by atoms with van der Waals surface area (Å²) in [5.41, 5.74) is 7.55. The van der Waals surface area contributed by atoms with Gasteiger partial charge in [-0.1, -0.05) is 164 Å². The molecule has 0 aliphatic heterocycles. The van der Waals surface area contributed by atoms with Gasteiger partial charge in [0.25, 0.3) is 0 Å². The number of hydrogen-bond acceptors (Lipinski definition) is 3. The molecule has 10 aromatic rings. The Balaban J connectivity index is 1.12. The van der Waals surface area contributed by atoms with Crippen molar-refractivity contribution in [1.29, 1.82) is 0 Å². The van der Waals surface area contributed by atoms with E-state index in [0.717, 1.165) is 38.4 Å². The van der Waals surface area contributed by atoms with Crippen LogP contribution in [0.2, 0.25) is 0 Å². The molecule has 242 valence electrons. The first kappa shape index (κ1) is 29.9. The van der Waals surface area contributed by atoms with Crippen LogP contribution in [-0.4, -0.2) is 15.0 Å². The van der Waals surface area contributed by atoms with Gasteiger partial charge >= 0.3 is 0 Å². The molecule has 0 aliphatic rings. The van der Waals surface area contributed by atoms with E-state index in [2.05, 4.69) is 188 Å². The SMILES string of the molecule is c1ccc2cc(-c3ccc(-c4nc(-c5ccc6ccccc6c5)nc(-c5ccc(-c6ccc7ccccc7c6)c6ccccc56)n4)cc3)ccc2c1. The Morgan fingerprint density at radius 1 is 0.231 bits per heavy atom. The highest BCUT2D eigenvalue weighted by Crippen LogP contribution is 2.37. The molecule has 3 heteroatoms. The third kappa shape index (κ3) is 5.37. The van der Waals surface area contributed by atoms with Gasteiger partial charge < -0.3 is 0 Å². The summed E-state index contributed by atoms with van der Waals surface area (Å²) in [5.74, 6) is 1.93. The van der Waals surface area contributed by atoms with Gasteiger partial charge in [-0.15, -0.1) is 0 Å². The second kappa shape index (κ2) is 12.4. The number of hydrogen-bond donors (Lipinski definition) is 0. The van der Waals surface area contributed by atoms with Gasteiger partial charge in [0.05, 0.1) is 0 Å². The Morgan fingerprint density at radius 3 is 1.23 bits per heavy atom. The average molecular weight is 662 g/mol. The predicted molar refractivity (Wildman–Crippen MR) is 217 cm³/mol. The van der Waals surface area contributed by atoms with Crippen molar-refractivity contribution < 1.29 is 0 Å². The molecular formula is C49H31N3. The van der Waals surface area contributed by atoms with E-state index in [1.165, 1.54) is 43.6 Å². The van der Waals surface area contributed by atoms with Gasteiger partial charge in [-0.3, -0.25) is 0 Å². The summed E-state index contributed by atoms with van der Waals surface area (Å²) < 4.78 is 0. The third-order valence-electron chi connectivity index (χ3n) is 10.1. The molecule has 10 rings (SSSR count). The highest BCUT2D eigenvalue weighted by molar-refractivity contribution is 6.05. The summed E-state index contributed by atoms with van der Waals surface area (Å²) >= 11 is 0. The number of fused-ring (bicyclic) bond motifs is 4. The first-order chi connectivity index (χ1) is 25.7. The molecular weight excluding hydrogens is 631 g/mol. The second-order valence-electron chi connectivity index (χ2n) is 13.3. The normalized spacial score (nSPS) is 11.5. The monoisotopic (exact) mass is 661 g/mol. The van der Waals surface area contributed by atoms with Gasteiger partial charge in [-0.05, 0) is 89.6 Å². The van der Waals surface area contributed by atoms with Gasteiger partial charge in [0.15, 0.2) is 17.5 Å². The Hall–Kier alpha value is -6.97. The average Bonchev–Trinajstić information content (AvgIpc) is 3.22. The lowest BCUT2D eigenvalue weighted by Gasteiger charge is -2.14. The van der Waals surface area contributed by atoms with Crippen LogP contribution in [0, 0.1) is 0 Å².